The first kappa shape index (κ1) is 13.0. The lowest BCUT2D eigenvalue weighted by atomic mass is 10.0. The smallest absolute Gasteiger partial charge is 0.271 e. The van der Waals surface area contributed by atoms with Crippen molar-refractivity contribution in [2.45, 2.75) is 32.5 Å². The van der Waals surface area contributed by atoms with Crippen LogP contribution >= 0.6 is 0 Å². The van der Waals surface area contributed by atoms with Crippen LogP contribution in [0.25, 0.3) is 0 Å². The molecule has 0 aliphatic rings. The van der Waals surface area contributed by atoms with E-state index in [0.29, 0.717) is 5.56 Å². The maximum Gasteiger partial charge on any atom is 0.405 e. The molecule has 0 aliphatic heterocycles. The molecule has 0 aromatic heterocycles. The molecule has 0 fully saturated rings. The highest BCUT2D eigenvalue weighted by atomic mass is 19.4. The number of rotatable bonds is 3. The second-order valence-corrected chi connectivity index (χ2v) is 3.96. The Balaban J connectivity index is 2.86. The van der Waals surface area contributed by atoms with Gasteiger partial charge in [0.15, 0.2) is 0 Å². The van der Waals surface area contributed by atoms with E-state index in [0.717, 1.165) is 11.1 Å². The van der Waals surface area contributed by atoms with E-state index in [-0.39, 0.29) is 6.42 Å². The van der Waals surface area contributed by atoms with Crippen molar-refractivity contribution in [2.75, 3.05) is 0 Å². The third-order valence-corrected chi connectivity index (χ3v) is 2.32. The van der Waals surface area contributed by atoms with Gasteiger partial charge in [0, 0.05) is 0 Å². The van der Waals surface area contributed by atoms with Crippen molar-refractivity contribution in [3.05, 3.63) is 34.9 Å². The average Bonchev–Trinajstić information content (AvgIpc) is 2.10. The van der Waals surface area contributed by atoms with Gasteiger partial charge in [-0.25, -0.2) is 5.43 Å². The Bertz CT molecular complexity index is 340. The average molecular weight is 232 g/mol. The first-order valence-electron chi connectivity index (χ1n) is 4.93. The summed E-state index contributed by atoms with van der Waals surface area (Å²) < 4.78 is 37.4. The lowest BCUT2D eigenvalue weighted by Gasteiger charge is -2.19. The number of alkyl halides is 3. The van der Waals surface area contributed by atoms with E-state index in [2.05, 4.69) is 0 Å². The van der Waals surface area contributed by atoms with E-state index in [1.54, 1.807) is 17.6 Å². The Morgan fingerprint density at radius 1 is 1.19 bits per heavy atom. The van der Waals surface area contributed by atoms with Gasteiger partial charge in [0.2, 0.25) is 0 Å². The van der Waals surface area contributed by atoms with Gasteiger partial charge in [-0.2, -0.15) is 13.2 Å². The molecule has 1 rings (SSSR count). The van der Waals surface area contributed by atoms with E-state index in [9.17, 15) is 13.2 Å². The van der Waals surface area contributed by atoms with Crippen molar-refractivity contribution < 1.29 is 13.2 Å². The second-order valence-electron chi connectivity index (χ2n) is 3.96. The van der Waals surface area contributed by atoms with Gasteiger partial charge >= 0.3 is 6.18 Å². The highest BCUT2D eigenvalue weighted by Gasteiger charge is 2.38. The molecule has 0 bridgehead atoms. The summed E-state index contributed by atoms with van der Waals surface area (Å²) in [5.74, 6) is 4.91. The van der Waals surface area contributed by atoms with Crippen LogP contribution in [0.2, 0.25) is 0 Å². The van der Waals surface area contributed by atoms with Crippen LogP contribution < -0.4 is 11.3 Å². The SMILES string of the molecule is Cc1cc(C)cc(CC(NN)C(F)(F)F)c1. The maximum absolute atomic E-state index is 12.5. The van der Waals surface area contributed by atoms with Gasteiger partial charge in [-0.15, -0.1) is 0 Å². The normalized spacial score (nSPS) is 13.9. The molecule has 1 aromatic rings. The van der Waals surface area contributed by atoms with Crippen LogP contribution in [0.5, 0.6) is 0 Å². The summed E-state index contributed by atoms with van der Waals surface area (Å²) in [5.41, 5.74) is 4.34. The Kier molecular flexibility index (Phi) is 3.93. The summed E-state index contributed by atoms with van der Waals surface area (Å²) in [6, 6.07) is 3.70. The first-order valence-corrected chi connectivity index (χ1v) is 4.93. The Hall–Kier alpha value is -1.07. The van der Waals surface area contributed by atoms with Crippen molar-refractivity contribution in [1.82, 2.24) is 5.43 Å². The second kappa shape index (κ2) is 4.84. The van der Waals surface area contributed by atoms with Crippen molar-refractivity contribution >= 4 is 0 Å². The molecule has 3 N–H and O–H groups in total. The minimum Gasteiger partial charge on any atom is -0.271 e. The van der Waals surface area contributed by atoms with Gasteiger partial charge in [0.1, 0.15) is 6.04 Å². The Morgan fingerprint density at radius 3 is 2.06 bits per heavy atom. The number of aryl methyl sites for hydroxylation is 2. The predicted octanol–water partition coefficient (Wildman–Crippen LogP) is 2.24. The van der Waals surface area contributed by atoms with E-state index >= 15 is 0 Å². The maximum atomic E-state index is 12.5. The minimum atomic E-state index is -4.33. The quantitative estimate of drug-likeness (QED) is 0.619. The molecule has 0 aliphatic carbocycles. The Morgan fingerprint density at radius 2 is 1.69 bits per heavy atom. The van der Waals surface area contributed by atoms with Crippen LogP contribution in [0, 0.1) is 13.8 Å². The largest absolute Gasteiger partial charge is 0.405 e. The molecular formula is C11H15F3N2. The predicted molar refractivity (Wildman–Crippen MR) is 56.8 cm³/mol. The zero-order valence-electron chi connectivity index (χ0n) is 9.23. The van der Waals surface area contributed by atoms with E-state index in [4.69, 9.17) is 5.84 Å². The van der Waals surface area contributed by atoms with Crippen LogP contribution in [0.1, 0.15) is 16.7 Å². The zero-order chi connectivity index (χ0) is 12.3. The molecule has 0 spiro atoms. The van der Waals surface area contributed by atoms with E-state index < -0.39 is 12.2 Å². The molecule has 0 radical (unpaired) electrons. The number of hydrogen-bond acceptors (Lipinski definition) is 2. The molecule has 16 heavy (non-hydrogen) atoms. The van der Waals surface area contributed by atoms with Gasteiger partial charge in [0.05, 0.1) is 0 Å². The van der Waals surface area contributed by atoms with Crippen molar-refractivity contribution in [3.8, 4) is 0 Å². The monoisotopic (exact) mass is 232 g/mol. The standard InChI is InChI=1S/C11H15F3N2/c1-7-3-8(2)5-9(4-7)6-10(16-15)11(12,13)14/h3-5,10,16H,6,15H2,1-2H3. The zero-order valence-corrected chi connectivity index (χ0v) is 9.23. The van der Waals surface area contributed by atoms with Crippen molar-refractivity contribution in [1.29, 1.82) is 0 Å². The molecule has 1 atom stereocenters. The van der Waals surface area contributed by atoms with Gasteiger partial charge in [-0.05, 0) is 25.8 Å². The summed E-state index contributed by atoms with van der Waals surface area (Å²) in [6.45, 7) is 3.71. The fourth-order valence-electron chi connectivity index (χ4n) is 1.69. The highest BCUT2D eigenvalue weighted by Crippen LogP contribution is 2.23. The van der Waals surface area contributed by atoms with Gasteiger partial charge < -0.3 is 0 Å². The van der Waals surface area contributed by atoms with Crippen molar-refractivity contribution in [2.24, 2.45) is 5.84 Å². The molecule has 0 saturated heterocycles. The summed E-state index contributed by atoms with van der Waals surface area (Å²) in [6.07, 6.45) is -4.48. The van der Waals surface area contributed by atoms with E-state index in [1.165, 1.54) is 0 Å². The summed E-state index contributed by atoms with van der Waals surface area (Å²) in [7, 11) is 0. The number of halogens is 3. The van der Waals surface area contributed by atoms with Crippen LogP contribution in [0.4, 0.5) is 13.2 Å². The molecular weight excluding hydrogens is 217 g/mol. The van der Waals surface area contributed by atoms with E-state index in [1.807, 2.05) is 19.9 Å². The Labute approximate surface area is 92.6 Å². The molecule has 0 heterocycles. The summed E-state index contributed by atoms with van der Waals surface area (Å²) in [5, 5.41) is 0. The molecule has 1 aromatic carbocycles. The molecule has 90 valence electrons. The topological polar surface area (TPSA) is 38.0 Å². The third-order valence-electron chi connectivity index (χ3n) is 2.32. The van der Waals surface area contributed by atoms with Crippen LogP contribution in [-0.2, 0) is 6.42 Å². The first-order chi connectivity index (χ1) is 7.32. The molecule has 1 unspecified atom stereocenters. The van der Waals surface area contributed by atoms with Gasteiger partial charge in [-0.3, -0.25) is 5.84 Å². The fourth-order valence-corrected chi connectivity index (χ4v) is 1.69. The molecule has 0 saturated carbocycles. The summed E-state index contributed by atoms with van der Waals surface area (Å²) in [4.78, 5) is 0. The number of nitrogens with two attached hydrogens (primary N) is 1. The molecule has 0 amide bonds. The fraction of sp³-hybridized carbons (Fsp3) is 0.455. The van der Waals surface area contributed by atoms with Crippen LogP contribution in [0.3, 0.4) is 0 Å². The summed E-state index contributed by atoms with van der Waals surface area (Å²) >= 11 is 0. The third kappa shape index (κ3) is 3.50. The van der Waals surface area contributed by atoms with Crippen molar-refractivity contribution in [3.63, 3.8) is 0 Å². The minimum absolute atomic E-state index is 0.150. The highest BCUT2D eigenvalue weighted by molar-refractivity contribution is 5.29. The molecule has 5 heteroatoms. The lowest BCUT2D eigenvalue weighted by Crippen LogP contribution is -2.47. The van der Waals surface area contributed by atoms with Gasteiger partial charge in [-0.1, -0.05) is 29.3 Å². The number of nitrogens with one attached hydrogen (secondary N) is 1. The lowest BCUT2D eigenvalue weighted by molar-refractivity contribution is -0.155. The van der Waals surface area contributed by atoms with Crippen LogP contribution in [0.15, 0.2) is 18.2 Å². The number of hydrazine groups is 1. The molecule has 2 nitrogen and oxygen atoms in total. The van der Waals surface area contributed by atoms with Gasteiger partial charge in [0.25, 0.3) is 0 Å². The number of benzene rings is 1. The van der Waals surface area contributed by atoms with Crippen LogP contribution in [-0.4, -0.2) is 12.2 Å². The number of hydrogen-bond donors (Lipinski definition) is 2.